The van der Waals surface area contributed by atoms with Gasteiger partial charge in [-0.3, -0.25) is 4.98 Å². The molecule has 0 spiro atoms. The lowest BCUT2D eigenvalue weighted by atomic mass is 10.1. The normalized spacial score (nSPS) is 13.8. The topological polar surface area (TPSA) is 48.1 Å². The molecule has 0 radical (unpaired) electrons. The Bertz CT molecular complexity index is 563. The van der Waals surface area contributed by atoms with Crippen LogP contribution >= 0.6 is 23.2 Å². The van der Waals surface area contributed by atoms with Gasteiger partial charge in [-0.1, -0.05) is 36.2 Å². The molecular formula is C15H16Cl2N2O. The summed E-state index contributed by atoms with van der Waals surface area (Å²) in [6.45, 7) is 2.01. The van der Waals surface area contributed by atoms with E-state index >= 15 is 0 Å². The van der Waals surface area contributed by atoms with Gasteiger partial charge in [0.15, 0.2) is 6.10 Å². The summed E-state index contributed by atoms with van der Waals surface area (Å²) >= 11 is 11.9. The Morgan fingerprint density at radius 1 is 1.20 bits per heavy atom. The number of nitrogens with zero attached hydrogens (tertiary/aromatic N) is 1. The van der Waals surface area contributed by atoms with E-state index in [0.717, 1.165) is 12.1 Å². The van der Waals surface area contributed by atoms with Crippen molar-refractivity contribution in [1.29, 1.82) is 0 Å². The smallest absolute Gasteiger partial charge is 0.155 e. The maximum Gasteiger partial charge on any atom is 0.155 e. The molecule has 2 atom stereocenters. The van der Waals surface area contributed by atoms with E-state index in [1.165, 1.54) is 0 Å². The first-order chi connectivity index (χ1) is 9.61. The molecule has 0 bridgehead atoms. The number of pyridine rings is 1. The van der Waals surface area contributed by atoms with Crippen molar-refractivity contribution < 1.29 is 4.74 Å². The molecular weight excluding hydrogens is 295 g/mol. The highest BCUT2D eigenvalue weighted by Crippen LogP contribution is 2.30. The van der Waals surface area contributed by atoms with E-state index in [1.807, 2.05) is 25.1 Å². The summed E-state index contributed by atoms with van der Waals surface area (Å²) in [5.74, 6) is 0.624. The maximum atomic E-state index is 6.14. The van der Waals surface area contributed by atoms with Gasteiger partial charge in [0.2, 0.25) is 0 Å². The van der Waals surface area contributed by atoms with E-state index in [-0.39, 0.29) is 12.1 Å². The largest absolute Gasteiger partial charge is 0.482 e. The van der Waals surface area contributed by atoms with Gasteiger partial charge in [0.05, 0.1) is 15.7 Å². The van der Waals surface area contributed by atoms with Crippen LogP contribution in [0.1, 0.15) is 25.1 Å². The number of aromatic nitrogens is 1. The first kappa shape index (κ1) is 15.1. The minimum atomic E-state index is -0.321. The van der Waals surface area contributed by atoms with Crippen molar-refractivity contribution in [3.05, 3.63) is 58.3 Å². The zero-order valence-electron chi connectivity index (χ0n) is 11.1. The summed E-state index contributed by atoms with van der Waals surface area (Å²) < 4.78 is 5.96. The monoisotopic (exact) mass is 310 g/mol. The molecule has 1 aromatic carbocycles. The van der Waals surface area contributed by atoms with Gasteiger partial charge >= 0.3 is 0 Å². The number of ether oxygens (including phenoxy) is 1. The molecule has 3 nitrogen and oxygen atoms in total. The Kier molecular flexibility index (Phi) is 5.24. The fourth-order valence-corrected chi connectivity index (χ4v) is 2.11. The van der Waals surface area contributed by atoms with E-state index in [0.29, 0.717) is 15.8 Å². The van der Waals surface area contributed by atoms with Crippen molar-refractivity contribution in [3.8, 4) is 5.75 Å². The number of hydrogen-bond acceptors (Lipinski definition) is 3. The van der Waals surface area contributed by atoms with Crippen molar-refractivity contribution >= 4 is 23.2 Å². The van der Waals surface area contributed by atoms with Crippen LogP contribution in [0.25, 0.3) is 0 Å². The van der Waals surface area contributed by atoms with Crippen LogP contribution in [-0.2, 0) is 0 Å². The van der Waals surface area contributed by atoms with Gasteiger partial charge < -0.3 is 10.5 Å². The Morgan fingerprint density at radius 3 is 2.60 bits per heavy atom. The van der Waals surface area contributed by atoms with Crippen LogP contribution in [0.5, 0.6) is 5.75 Å². The molecule has 2 unspecified atom stereocenters. The molecule has 0 saturated heterocycles. The van der Waals surface area contributed by atoms with E-state index in [1.54, 1.807) is 24.4 Å². The molecule has 20 heavy (non-hydrogen) atoms. The van der Waals surface area contributed by atoms with E-state index in [9.17, 15) is 0 Å². The molecule has 1 aromatic heterocycles. The van der Waals surface area contributed by atoms with E-state index in [2.05, 4.69) is 4.98 Å². The van der Waals surface area contributed by atoms with Crippen LogP contribution in [0, 0.1) is 0 Å². The average Bonchev–Trinajstić information content (AvgIpc) is 2.48. The van der Waals surface area contributed by atoms with Crippen LogP contribution in [0.3, 0.4) is 0 Å². The van der Waals surface area contributed by atoms with Crippen molar-refractivity contribution in [1.82, 2.24) is 4.98 Å². The Balaban J connectivity index is 2.26. The second kappa shape index (κ2) is 6.93. The molecule has 0 aliphatic heterocycles. The fourth-order valence-electron chi connectivity index (χ4n) is 1.82. The van der Waals surface area contributed by atoms with E-state index < -0.39 is 0 Å². The van der Waals surface area contributed by atoms with Crippen LogP contribution < -0.4 is 10.5 Å². The third-order valence-corrected chi connectivity index (χ3v) is 3.73. The minimum absolute atomic E-state index is 0.153. The molecule has 1 heterocycles. The quantitative estimate of drug-likeness (QED) is 0.898. The third-order valence-electron chi connectivity index (χ3n) is 2.99. The SMILES string of the molecule is CCC(N)C(Oc1ccc(Cl)c(Cl)c1)c1ccccn1. The molecule has 2 N–H and O–H groups in total. The van der Waals surface area contributed by atoms with Gasteiger partial charge in [-0.2, -0.15) is 0 Å². The number of halogens is 2. The number of benzene rings is 1. The van der Waals surface area contributed by atoms with Crippen LogP contribution in [-0.4, -0.2) is 11.0 Å². The third kappa shape index (κ3) is 3.63. The summed E-state index contributed by atoms with van der Waals surface area (Å²) in [6.07, 6.45) is 2.18. The molecule has 0 amide bonds. The van der Waals surface area contributed by atoms with Crippen LogP contribution in [0.2, 0.25) is 10.0 Å². The lowest BCUT2D eigenvalue weighted by Crippen LogP contribution is -2.32. The van der Waals surface area contributed by atoms with Crippen molar-refractivity contribution in [2.75, 3.05) is 0 Å². The van der Waals surface area contributed by atoms with Crippen molar-refractivity contribution in [2.24, 2.45) is 5.73 Å². The highest BCUT2D eigenvalue weighted by Gasteiger charge is 2.21. The molecule has 0 aliphatic rings. The van der Waals surface area contributed by atoms with Gasteiger partial charge in [-0.05, 0) is 30.7 Å². The molecule has 0 saturated carbocycles. The first-order valence-corrected chi connectivity index (χ1v) is 7.15. The zero-order chi connectivity index (χ0) is 14.5. The lowest BCUT2D eigenvalue weighted by molar-refractivity contribution is 0.166. The minimum Gasteiger partial charge on any atom is -0.482 e. The summed E-state index contributed by atoms with van der Waals surface area (Å²) in [6, 6.07) is 10.7. The first-order valence-electron chi connectivity index (χ1n) is 6.40. The summed E-state index contributed by atoms with van der Waals surface area (Å²) in [5.41, 5.74) is 6.94. The fraction of sp³-hybridized carbons (Fsp3) is 0.267. The summed E-state index contributed by atoms with van der Waals surface area (Å²) in [4.78, 5) is 4.32. The predicted molar refractivity (Wildman–Crippen MR) is 82.3 cm³/mol. The second-order valence-electron chi connectivity index (χ2n) is 4.44. The van der Waals surface area contributed by atoms with Gasteiger partial charge in [-0.15, -0.1) is 0 Å². The second-order valence-corrected chi connectivity index (χ2v) is 5.26. The van der Waals surface area contributed by atoms with Gasteiger partial charge in [-0.25, -0.2) is 0 Å². The average molecular weight is 311 g/mol. The predicted octanol–water partition coefficient (Wildman–Crippen LogP) is 4.25. The standard InChI is InChI=1S/C15H16Cl2N2O/c1-2-13(18)15(14-5-3-4-8-19-14)20-10-6-7-11(16)12(17)9-10/h3-9,13,15H,2,18H2,1H3. The summed E-state index contributed by atoms with van der Waals surface area (Å²) in [7, 11) is 0. The van der Waals surface area contributed by atoms with Gasteiger partial charge in [0, 0.05) is 18.3 Å². The Hall–Kier alpha value is -1.29. The number of hydrogen-bond donors (Lipinski definition) is 1. The maximum absolute atomic E-state index is 6.14. The molecule has 2 rings (SSSR count). The number of rotatable bonds is 5. The molecule has 0 aliphatic carbocycles. The molecule has 0 fully saturated rings. The van der Waals surface area contributed by atoms with Crippen molar-refractivity contribution in [2.45, 2.75) is 25.5 Å². The highest BCUT2D eigenvalue weighted by molar-refractivity contribution is 6.42. The lowest BCUT2D eigenvalue weighted by Gasteiger charge is -2.24. The highest BCUT2D eigenvalue weighted by atomic mass is 35.5. The number of nitrogens with two attached hydrogens (primary N) is 1. The van der Waals surface area contributed by atoms with Crippen LogP contribution in [0.4, 0.5) is 0 Å². The van der Waals surface area contributed by atoms with Gasteiger partial charge in [0.25, 0.3) is 0 Å². The summed E-state index contributed by atoms with van der Waals surface area (Å²) in [5, 5.41) is 0.946. The Morgan fingerprint density at radius 2 is 2.00 bits per heavy atom. The molecule has 2 aromatic rings. The van der Waals surface area contributed by atoms with E-state index in [4.69, 9.17) is 33.7 Å². The molecule has 5 heteroatoms. The Labute approximate surface area is 128 Å². The molecule has 106 valence electrons. The van der Waals surface area contributed by atoms with Gasteiger partial charge in [0.1, 0.15) is 5.75 Å². The van der Waals surface area contributed by atoms with Crippen molar-refractivity contribution in [3.63, 3.8) is 0 Å². The van der Waals surface area contributed by atoms with Crippen LogP contribution in [0.15, 0.2) is 42.6 Å². The zero-order valence-corrected chi connectivity index (χ0v) is 12.6.